The van der Waals surface area contributed by atoms with Crippen LogP contribution in [-0.2, 0) is 73.3 Å². The fraction of sp³-hybridized carbons (Fsp3) is 0.536. The second-order valence-corrected chi connectivity index (χ2v) is 9.24. The van der Waals surface area contributed by atoms with Crippen LogP contribution in [0.25, 0.3) is 0 Å². The first-order chi connectivity index (χ1) is 20.0. The number of hydrogen-bond acceptors (Lipinski definition) is 15. The number of carbonyl (C=O) groups is 7. The van der Waals surface area contributed by atoms with Gasteiger partial charge in [0.2, 0.25) is 0 Å². The number of benzene rings is 1. The summed E-state index contributed by atoms with van der Waals surface area (Å²) in [5, 5.41) is 9.12. The minimum atomic E-state index is -1.56. The Bertz CT molecular complexity index is 1150. The number of carbonyl (C=O) groups excluding carboxylic acids is 7. The van der Waals surface area contributed by atoms with Crippen LogP contribution in [0.1, 0.15) is 54.0 Å². The number of hydrogen-bond donors (Lipinski definition) is 1. The van der Waals surface area contributed by atoms with Gasteiger partial charge in [0.05, 0.1) is 0 Å². The molecule has 0 aromatic heterocycles. The highest BCUT2D eigenvalue weighted by Crippen LogP contribution is 2.09. The smallest absolute Gasteiger partial charge is 0.347 e. The maximum Gasteiger partial charge on any atom is 0.347 e. The van der Waals surface area contributed by atoms with E-state index in [4.69, 9.17) is 33.5 Å². The predicted molar refractivity (Wildman–Crippen MR) is 141 cm³/mol. The van der Waals surface area contributed by atoms with Gasteiger partial charge in [-0.3, -0.25) is 0 Å². The van der Waals surface area contributed by atoms with E-state index in [2.05, 4.69) is 4.74 Å². The molecule has 0 aliphatic heterocycles. The summed E-state index contributed by atoms with van der Waals surface area (Å²) in [6.07, 6.45) is -10.3. The Kier molecular flexibility index (Phi) is 14.8. The van der Waals surface area contributed by atoms with Crippen molar-refractivity contribution < 1.29 is 71.8 Å². The van der Waals surface area contributed by atoms with Gasteiger partial charge in [-0.2, -0.15) is 0 Å². The Morgan fingerprint density at radius 1 is 0.488 bits per heavy atom. The Morgan fingerprint density at radius 3 is 1.07 bits per heavy atom. The fourth-order valence-electron chi connectivity index (χ4n) is 2.76. The maximum absolute atomic E-state index is 12.3. The lowest BCUT2D eigenvalue weighted by molar-refractivity contribution is -0.188. The molecule has 0 unspecified atom stereocenters. The molecule has 15 heteroatoms. The molecule has 43 heavy (non-hydrogen) atoms. The van der Waals surface area contributed by atoms with E-state index in [9.17, 15) is 33.6 Å². The number of aliphatic hydroxyl groups is 1. The van der Waals surface area contributed by atoms with Crippen LogP contribution in [0.3, 0.4) is 0 Å². The third kappa shape index (κ3) is 12.9. The third-order valence-corrected chi connectivity index (χ3v) is 5.31. The highest BCUT2D eigenvalue weighted by molar-refractivity contribution is 5.87. The van der Waals surface area contributed by atoms with Crippen LogP contribution in [0.2, 0.25) is 0 Å². The topological polar surface area (TPSA) is 204 Å². The second kappa shape index (κ2) is 17.4. The van der Waals surface area contributed by atoms with Gasteiger partial charge in [0.1, 0.15) is 12.7 Å². The van der Waals surface area contributed by atoms with Gasteiger partial charge in [0, 0.05) is 0 Å². The van der Waals surface area contributed by atoms with Crippen LogP contribution in [0, 0.1) is 0 Å². The van der Waals surface area contributed by atoms with Crippen LogP contribution >= 0.6 is 0 Å². The SMILES string of the molecule is C[C@H](O)C(=O)O[C@@H](C)C(=O)O[C@@H](C)C(=O)O[C@@H](C)C(=O)O[C@@H](C)C(=O)O[C@@H](C)C(=O)O[C@@H](C)C(=O)OCc1ccccc1. The highest BCUT2D eigenvalue weighted by atomic mass is 16.7. The van der Waals surface area contributed by atoms with Gasteiger partial charge in [0.15, 0.2) is 36.6 Å². The van der Waals surface area contributed by atoms with E-state index >= 15 is 0 Å². The molecular weight excluding hydrogens is 576 g/mol. The highest BCUT2D eigenvalue weighted by Gasteiger charge is 2.32. The van der Waals surface area contributed by atoms with Crippen molar-refractivity contribution in [1.82, 2.24) is 0 Å². The molecule has 1 aromatic rings. The van der Waals surface area contributed by atoms with Gasteiger partial charge in [0.25, 0.3) is 0 Å². The molecule has 0 aliphatic carbocycles. The van der Waals surface area contributed by atoms with Gasteiger partial charge in [-0.1, -0.05) is 30.3 Å². The second-order valence-electron chi connectivity index (χ2n) is 9.24. The lowest BCUT2D eigenvalue weighted by Crippen LogP contribution is -2.39. The monoisotopic (exact) mass is 612 g/mol. The van der Waals surface area contributed by atoms with Gasteiger partial charge in [-0.15, -0.1) is 0 Å². The van der Waals surface area contributed by atoms with E-state index in [1.54, 1.807) is 30.3 Å². The van der Waals surface area contributed by atoms with Gasteiger partial charge < -0.3 is 38.3 Å². The number of ether oxygens (including phenoxy) is 7. The largest absolute Gasteiger partial charge is 0.458 e. The zero-order chi connectivity index (χ0) is 32.9. The molecular formula is C28H36O15. The lowest BCUT2D eigenvalue weighted by atomic mass is 10.2. The minimum Gasteiger partial charge on any atom is -0.458 e. The van der Waals surface area contributed by atoms with Crippen LogP contribution in [-0.4, -0.2) is 89.6 Å². The van der Waals surface area contributed by atoms with Crippen molar-refractivity contribution >= 4 is 41.8 Å². The first-order valence-corrected chi connectivity index (χ1v) is 13.1. The summed E-state index contributed by atoms with van der Waals surface area (Å²) in [4.78, 5) is 84.5. The zero-order valence-electron chi connectivity index (χ0n) is 24.8. The van der Waals surface area contributed by atoms with Crippen molar-refractivity contribution in [3.63, 3.8) is 0 Å². The van der Waals surface area contributed by atoms with E-state index in [1.807, 2.05) is 0 Å². The van der Waals surface area contributed by atoms with Gasteiger partial charge in [-0.05, 0) is 54.0 Å². The lowest BCUT2D eigenvalue weighted by Gasteiger charge is -2.20. The molecule has 15 nitrogen and oxygen atoms in total. The predicted octanol–water partition coefficient (Wildman–Crippen LogP) is 0.701. The summed E-state index contributed by atoms with van der Waals surface area (Å²) in [5.41, 5.74) is 0.728. The molecule has 0 fully saturated rings. The van der Waals surface area contributed by atoms with Crippen molar-refractivity contribution in [2.24, 2.45) is 0 Å². The molecule has 1 rings (SSSR count). The minimum absolute atomic E-state index is 0.0338. The maximum atomic E-state index is 12.3. The van der Waals surface area contributed by atoms with Crippen molar-refractivity contribution in [2.75, 3.05) is 0 Å². The summed E-state index contributed by atoms with van der Waals surface area (Å²) in [7, 11) is 0. The molecule has 0 amide bonds. The van der Waals surface area contributed by atoms with Crippen LogP contribution in [0.5, 0.6) is 0 Å². The quantitative estimate of drug-likeness (QED) is 0.214. The number of esters is 7. The normalized spacial score (nSPS) is 15.5. The summed E-state index contributed by atoms with van der Waals surface area (Å²) in [6.45, 7) is 8.10. The molecule has 238 valence electrons. The van der Waals surface area contributed by atoms with Crippen molar-refractivity contribution in [1.29, 1.82) is 0 Å². The van der Waals surface area contributed by atoms with E-state index in [-0.39, 0.29) is 6.61 Å². The number of aliphatic hydroxyl groups excluding tert-OH is 1. The zero-order valence-corrected chi connectivity index (χ0v) is 24.8. The Balaban J connectivity index is 2.49. The van der Waals surface area contributed by atoms with E-state index in [1.165, 1.54) is 13.8 Å². The molecule has 0 saturated heterocycles. The van der Waals surface area contributed by atoms with Gasteiger partial charge >= 0.3 is 41.8 Å². The van der Waals surface area contributed by atoms with Crippen LogP contribution < -0.4 is 0 Å². The van der Waals surface area contributed by atoms with Crippen molar-refractivity contribution in [3.05, 3.63) is 35.9 Å². The molecule has 1 aromatic carbocycles. The summed E-state index contributed by atoms with van der Waals surface area (Å²) >= 11 is 0. The van der Waals surface area contributed by atoms with E-state index in [0.29, 0.717) is 0 Å². The summed E-state index contributed by atoms with van der Waals surface area (Å²) in [6, 6.07) is 8.81. The third-order valence-electron chi connectivity index (χ3n) is 5.31. The van der Waals surface area contributed by atoms with Crippen molar-refractivity contribution in [2.45, 2.75) is 97.8 Å². The average molecular weight is 613 g/mol. The molecule has 0 aliphatic rings. The van der Waals surface area contributed by atoms with Gasteiger partial charge in [-0.25, -0.2) is 33.6 Å². The number of rotatable bonds is 15. The fourth-order valence-corrected chi connectivity index (χ4v) is 2.76. The molecule has 0 saturated carbocycles. The molecule has 0 radical (unpaired) electrons. The first-order valence-electron chi connectivity index (χ1n) is 13.1. The summed E-state index contributed by atoms with van der Waals surface area (Å²) < 4.78 is 34.3. The Morgan fingerprint density at radius 2 is 0.767 bits per heavy atom. The Hall–Kier alpha value is -4.53. The molecule has 7 atom stereocenters. The van der Waals surface area contributed by atoms with E-state index in [0.717, 1.165) is 40.2 Å². The molecule has 0 spiro atoms. The van der Waals surface area contributed by atoms with Crippen LogP contribution in [0.15, 0.2) is 30.3 Å². The summed E-state index contributed by atoms with van der Waals surface area (Å²) in [5.74, 6) is -7.54. The Labute approximate surface area is 247 Å². The van der Waals surface area contributed by atoms with Crippen LogP contribution in [0.4, 0.5) is 0 Å². The molecule has 0 bridgehead atoms. The first kappa shape index (κ1) is 36.5. The van der Waals surface area contributed by atoms with Crippen molar-refractivity contribution in [3.8, 4) is 0 Å². The average Bonchev–Trinajstić information content (AvgIpc) is 2.95. The standard InChI is InChI=1S/C28H36O15/c1-14(29)22(30)38-16(3)24(32)40-18(5)26(34)42-20(7)28(36)43-19(6)27(35)41-17(4)25(33)39-15(2)23(31)37-13-21-11-9-8-10-12-21/h8-12,14-20,29H,13H2,1-7H3/t14-,15-,16-,17-,18-,19-,20-/m0/s1. The van der Waals surface area contributed by atoms with E-state index < -0.39 is 84.5 Å². The molecule has 1 N–H and O–H groups in total. The molecule has 0 heterocycles.